The van der Waals surface area contributed by atoms with Gasteiger partial charge in [-0.15, -0.1) is 0 Å². The van der Waals surface area contributed by atoms with Crippen LogP contribution in [0.5, 0.6) is 0 Å². The van der Waals surface area contributed by atoms with Gasteiger partial charge >= 0.3 is 18.0 Å². The fraction of sp³-hybridized carbons (Fsp3) is 0.475. The quantitative estimate of drug-likeness (QED) is 0.213. The zero-order chi connectivity index (χ0) is 36.5. The van der Waals surface area contributed by atoms with Crippen molar-refractivity contribution in [1.82, 2.24) is 15.5 Å². The lowest BCUT2D eigenvalue weighted by atomic mass is 9.90. The summed E-state index contributed by atoms with van der Waals surface area (Å²) in [5, 5.41) is 15.2. The van der Waals surface area contributed by atoms with E-state index in [4.69, 9.17) is 18.9 Å². The van der Waals surface area contributed by atoms with E-state index in [0.29, 0.717) is 13.0 Å². The van der Waals surface area contributed by atoms with Crippen molar-refractivity contribution in [3.05, 3.63) is 107 Å². The van der Waals surface area contributed by atoms with Gasteiger partial charge < -0.3 is 34.7 Å². The van der Waals surface area contributed by atoms with Crippen LogP contribution in [0.25, 0.3) is 0 Å². The third-order valence-corrected chi connectivity index (χ3v) is 9.36. The van der Waals surface area contributed by atoms with Crippen LogP contribution in [0.2, 0.25) is 0 Å². The van der Waals surface area contributed by atoms with Crippen molar-refractivity contribution in [2.45, 2.75) is 96.3 Å². The van der Waals surface area contributed by atoms with Gasteiger partial charge in [0.15, 0.2) is 6.29 Å². The number of nitrogens with one attached hydrogen (secondary N) is 2. The number of hydrogen-bond donors (Lipinski definition) is 3. The Hall–Kier alpha value is -4.29. The fourth-order valence-electron chi connectivity index (χ4n) is 6.61. The van der Waals surface area contributed by atoms with Crippen molar-refractivity contribution in [2.75, 3.05) is 20.2 Å². The summed E-state index contributed by atoms with van der Waals surface area (Å²) in [5.74, 6) is -0.771. The maximum absolute atomic E-state index is 13.1. The molecule has 51 heavy (non-hydrogen) atoms. The summed E-state index contributed by atoms with van der Waals surface area (Å²) in [6.45, 7) is 9.27. The first kappa shape index (κ1) is 38.0. The number of rotatable bonds is 12. The monoisotopic (exact) mass is 701 g/mol. The van der Waals surface area contributed by atoms with Crippen LogP contribution in [-0.2, 0) is 48.1 Å². The Balaban J connectivity index is 1.26. The van der Waals surface area contributed by atoms with E-state index >= 15 is 0 Å². The Kier molecular flexibility index (Phi) is 12.9. The molecule has 0 unspecified atom stereocenters. The number of nitrogens with zero attached hydrogens (tertiary/aromatic N) is 1. The smallest absolute Gasteiger partial charge is 0.328 e. The molecular formula is C40H51N3O8. The topological polar surface area (TPSA) is 136 Å². The Morgan fingerprint density at radius 3 is 2.24 bits per heavy atom. The highest BCUT2D eigenvalue weighted by Gasteiger charge is 2.42. The summed E-state index contributed by atoms with van der Waals surface area (Å²) in [7, 11) is 1.30. The van der Waals surface area contributed by atoms with E-state index in [1.54, 1.807) is 0 Å². The van der Waals surface area contributed by atoms with Gasteiger partial charge in [-0.05, 0) is 62.4 Å². The number of urea groups is 1. The van der Waals surface area contributed by atoms with E-state index in [0.717, 1.165) is 47.2 Å². The number of esters is 2. The first-order valence-corrected chi connectivity index (χ1v) is 17.7. The summed E-state index contributed by atoms with van der Waals surface area (Å²) in [4.78, 5) is 40.5. The molecule has 2 saturated heterocycles. The van der Waals surface area contributed by atoms with Gasteiger partial charge in [0.1, 0.15) is 17.7 Å². The van der Waals surface area contributed by atoms with E-state index in [-0.39, 0.29) is 43.3 Å². The highest BCUT2D eigenvalue weighted by atomic mass is 16.7. The van der Waals surface area contributed by atoms with Crippen molar-refractivity contribution in [1.29, 1.82) is 0 Å². The average Bonchev–Trinajstić information content (AvgIpc) is 3.59. The number of aliphatic hydroxyl groups is 1. The van der Waals surface area contributed by atoms with Crippen LogP contribution in [0.1, 0.15) is 80.7 Å². The highest BCUT2D eigenvalue weighted by molar-refractivity contribution is 5.83. The number of carbonyl (C=O) groups excluding carboxylic acids is 3. The third kappa shape index (κ3) is 10.4. The maximum Gasteiger partial charge on any atom is 0.328 e. The van der Waals surface area contributed by atoms with Gasteiger partial charge in [-0.2, -0.15) is 0 Å². The van der Waals surface area contributed by atoms with Gasteiger partial charge in [0.25, 0.3) is 0 Å². The molecule has 3 N–H and O–H groups in total. The van der Waals surface area contributed by atoms with E-state index < -0.39 is 29.9 Å². The molecule has 0 bridgehead atoms. The maximum atomic E-state index is 13.1. The molecule has 2 fully saturated rings. The normalized spacial score (nSPS) is 22.9. The molecule has 2 aliphatic heterocycles. The molecule has 0 saturated carbocycles. The minimum Gasteiger partial charge on any atom is -0.467 e. The summed E-state index contributed by atoms with van der Waals surface area (Å²) in [6, 6.07) is 23.2. The summed E-state index contributed by atoms with van der Waals surface area (Å²) < 4.78 is 23.9. The Morgan fingerprint density at radius 1 is 0.922 bits per heavy atom. The van der Waals surface area contributed by atoms with E-state index in [1.165, 1.54) is 7.11 Å². The van der Waals surface area contributed by atoms with Crippen LogP contribution in [0.3, 0.4) is 0 Å². The van der Waals surface area contributed by atoms with Gasteiger partial charge in [0.2, 0.25) is 0 Å². The van der Waals surface area contributed by atoms with E-state index in [9.17, 15) is 19.5 Å². The predicted octanol–water partition coefficient (Wildman–Crippen LogP) is 5.36. The molecule has 11 nitrogen and oxygen atoms in total. The lowest BCUT2D eigenvalue weighted by Crippen LogP contribution is -2.48. The lowest BCUT2D eigenvalue weighted by Gasteiger charge is -2.43. The molecule has 6 atom stereocenters. The summed E-state index contributed by atoms with van der Waals surface area (Å²) in [5.41, 5.74) is 3.80. The molecular weight excluding hydrogens is 650 g/mol. The van der Waals surface area contributed by atoms with Crippen LogP contribution < -0.4 is 10.6 Å². The Labute approximate surface area is 300 Å². The average molecular weight is 702 g/mol. The van der Waals surface area contributed by atoms with Crippen molar-refractivity contribution >= 4 is 18.0 Å². The lowest BCUT2D eigenvalue weighted by molar-refractivity contribution is -0.276. The highest BCUT2D eigenvalue weighted by Crippen LogP contribution is 2.42. The minimum absolute atomic E-state index is 0.0425. The summed E-state index contributed by atoms with van der Waals surface area (Å²) >= 11 is 0. The molecule has 0 aliphatic carbocycles. The van der Waals surface area contributed by atoms with Crippen LogP contribution >= 0.6 is 0 Å². The Morgan fingerprint density at radius 2 is 1.59 bits per heavy atom. The third-order valence-electron chi connectivity index (χ3n) is 9.36. The zero-order valence-electron chi connectivity index (χ0n) is 30.2. The first-order valence-electron chi connectivity index (χ1n) is 17.7. The van der Waals surface area contributed by atoms with E-state index in [2.05, 4.69) is 22.5 Å². The number of hydrogen-bond acceptors (Lipinski definition) is 9. The molecule has 0 radical (unpaired) electrons. The number of carbonyl (C=O) groups is 3. The largest absolute Gasteiger partial charge is 0.467 e. The first-order chi connectivity index (χ1) is 24.4. The molecule has 3 aromatic carbocycles. The predicted molar refractivity (Wildman–Crippen MR) is 191 cm³/mol. The molecule has 0 spiro atoms. The standard InChI is InChI=1S/C40H51N3O8/c1-26-34(24-43-21-9-12-33(43)37(46)51-40(2,3)4)49-38(50-35(26)30-17-15-29(25-44)16-18-30)31-19-13-28(14-20-31)23-41-39(47)42-32(36(45)48-5)22-27-10-7-6-8-11-27/h6-8,10-11,13-20,26,32-35,38,44H,9,12,21-25H2,1-5H3,(H2,41,42,47)/t26-,32+,33+,34+,35+,38+/m1/s1. The SMILES string of the molecule is COC(=O)[C@H](Cc1ccccc1)NC(=O)NCc1ccc([C@H]2O[C@@H](CN3CCC[C@H]3C(=O)OC(C)(C)C)[C@@H](C)[C@@H](c3ccc(CO)cc3)O2)cc1. The van der Waals surface area contributed by atoms with Crippen LogP contribution in [0, 0.1) is 5.92 Å². The molecule has 274 valence electrons. The van der Waals surface area contributed by atoms with Crippen LogP contribution in [0.15, 0.2) is 78.9 Å². The molecule has 2 heterocycles. The van der Waals surface area contributed by atoms with Gasteiger partial charge in [-0.25, -0.2) is 9.59 Å². The minimum atomic E-state index is -0.830. The number of methoxy groups -OCH3 is 1. The van der Waals surface area contributed by atoms with Gasteiger partial charge in [-0.1, -0.05) is 85.8 Å². The Bertz CT molecular complexity index is 1590. The second kappa shape index (κ2) is 17.3. The number of benzene rings is 3. The van der Waals surface area contributed by atoms with Crippen molar-refractivity contribution in [3.8, 4) is 0 Å². The molecule has 11 heteroatoms. The number of amides is 2. The van der Waals surface area contributed by atoms with Crippen LogP contribution in [0.4, 0.5) is 4.79 Å². The molecule has 2 amide bonds. The molecule has 3 aromatic rings. The van der Waals surface area contributed by atoms with Gasteiger partial charge in [0.05, 0.1) is 25.9 Å². The zero-order valence-corrected chi connectivity index (χ0v) is 30.2. The number of ether oxygens (including phenoxy) is 4. The number of likely N-dealkylation sites (tertiary alicyclic amines) is 1. The second-order valence-corrected chi connectivity index (χ2v) is 14.3. The van der Waals surface area contributed by atoms with Crippen molar-refractivity contribution in [3.63, 3.8) is 0 Å². The van der Waals surface area contributed by atoms with Gasteiger partial charge in [-0.3, -0.25) is 9.69 Å². The molecule has 5 rings (SSSR count). The summed E-state index contributed by atoms with van der Waals surface area (Å²) in [6.07, 6.45) is 0.723. The number of aliphatic hydroxyl groups excluding tert-OH is 1. The second-order valence-electron chi connectivity index (χ2n) is 14.3. The van der Waals surface area contributed by atoms with Gasteiger partial charge in [0, 0.05) is 31.0 Å². The van der Waals surface area contributed by atoms with Crippen LogP contribution in [-0.4, -0.2) is 72.0 Å². The molecule has 0 aromatic heterocycles. The van der Waals surface area contributed by atoms with Crippen molar-refractivity contribution < 1.29 is 38.4 Å². The van der Waals surface area contributed by atoms with E-state index in [1.807, 2.05) is 99.6 Å². The molecule has 2 aliphatic rings. The fourth-order valence-corrected chi connectivity index (χ4v) is 6.61. The van der Waals surface area contributed by atoms with Crippen molar-refractivity contribution in [2.24, 2.45) is 5.92 Å².